The van der Waals surface area contributed by atoms with Crippen LogP contribution < -0.4 is 4.74 Å². The second-order valence-corrected chi connectivity index (χ2v) is 4.30. The highest BCUT2D eigenvalue weighted by Gasteiger charge is 2.21. The summed E-state index contributed by atoms with van der Waals surface area (Å²) >= 11 is 0. The summed E-state index contributed by atoms with van der Waals surface area (Å²) < 4.78 is 5.43. The molecule has 0 amide bonds. The van der Waals surface area contributed by atoms with Gasteiger partial charge in [-0.2, -0.15) is 0 Å². The van der Waals surface area contributed by atoms with Crippen LogP contribution in [0.3, 0.4) is 0 Å². The fourth-order valence-corrected chi connectivity index (χ4v) is 2.35. The highest BCUT2D eigenvalue weighted by molar-refractivity contribution is 5.44. The summed E-state index contributed by atoms with van der Waals surface area (Å²) in [5.41, 5.74) is 3.32. The van der Waals surface area contributed by atoms with E-state index in [0.717, 1.165) is 22.7 Å². The van der Waals surface area contributed by atoms with Crippen molar-refractivity contribution in [3.63, 3.8) is 0 Å². The summed E-state index contributed by atoms with van der Waals surface area (Å²) in [6.07, 6.45) is 7.39. The van der Waals surface area contributed by atoms with Crippen molar-refractivity contribution in [1.29, 1.82) is 0 Å². The topological polar surface area (TPSA) is 53.7 Å². The molecular formula is C15H15N3O. The Morgan fingerprint density at radius 2 is 1.74 bits per heavy atom. The summed E-state index contributed by atoms with van der Waals surface area (Å²) in [5.74, 6) is 0.875. The van der Waals surface area contributed by atoms with Gasteiger partial charge < -0.3 is 14.7 Å². The first-order valence-electron chi connectivity index (χ1n) is 6.14. The Kier molecular flexibility index (Phi) is 3.06. The van der Waals surface area contributed by atoms with E-state index in [1.807, 2.05) is 30.6 Å². The molecule has 0 radical (unpaired) electrons. The minimum absolute atomic E-state index is 0.0861. The first kappa shape index (κ1) is 11.6. The lowest BCUT2D eigenvalue weighted by Gasteiger charge is -2.17. The molecule has 0 aliphatic heterocycles. The highest BCUT2D eigenvalue weighted by atomic mass is 16.5. The van der Waals surface area contributed by atoms with Gasteiger partial charge in [-0.1, -0.05) is 0 Å². The molecule has 0 saturated heterocycles. The Balaban J connectivity index is 2.15. The zero-order chi connectivity index (χ0) is 13.1. The van der Waals surface area contributed by atoms with E-state index in [0.29, 0.717) is 0 Å². The van der Waals surface area contributed by atoms with Crippen molar-refractivity contribution in [2.75, 3.05) is 7.11 Å². The molecule has 4 nitrogen and oxygen atoms in total. The van der Waals surface area contributed by atoms with E-state index in [9.17, 15) is 0 Å². The Morgan fingerprint density at radius 1 is 1.05 bits per heavy atom. The lowest BCUT2D eigenvalue weighted by molar-refractivity contribution is 0.406. The van der Waals surface area contributed by atoms with Gasteiger partial charge in [0.2, 0.25) is 0 Å². The van der Waals surface area contributed by atoms with E-state index in [4.69, 9.17) is 4.74 Å². The summed E-state index contributed by atoms with van der Waals surface area (Å²) in [6.45, 7) is 0. The molecule has 19 heavy (non-hydrogen) atoms. The SMILES string of the molecule is COc1cnccc1C(c1ccc[nH]1)c1ccc[nH]1. The molecule has 0 aliphatic rings. The van der Waals surface area contributed by atoms with Crippen LogP contribution in [0, 0.1) is 0 Å². The molecule has 4 heteroatoms. The molecule has 3 rings (SSSR count). The predicted octanol–water partition coefficient (Wildman–Crippen LogP) is 2.93. The maximum absolute atomic E-state index is 5.43. The maximum Gasteiger partial charge on any atom is 0.141 e. The van der Waals surface area contributed by atoms with Crippen LogP contribution in [0.15, 0.2) is 55.1 Å². The number of hydrogen-bond acceptors (Lipinski definition) is 2. The van der Waals surface area contributed by atoms with Crippen LogP contribution in [0.25, 0.3) is 0 Å². The van der Waals surface area contributed by atoms with Crippen LogP contribution in [0.5, 0.6) is 5.75 Å². The molecule has 0 unspecified atom stereocenters. The maximum atomic E-state index is 5.43. The Morgan fingerprint density at radius 3 is 2.26 bits per heavy atom. The van der Waals surface area contributed by atoms with Gasteiger partial charge in [0.1, 0.15) is 5.75 Å². The molecule has 0 fully saturated rings. The van der Waals surface area contributed by atoms with Gasteiger partial charge in [-0.15, -0.1) is 0 Å². The van der Waals surface area contributed by atoms with E-state index in [-0.39, 0.29) is 5.92 Å². The highest BCUT2D eigenvalue weighted by Crippen LogP contribution is 2.34. The largest absolute Gasteiger partial charge is 0.495 e. The molecule has 0 saturated carbocycles. The third-order valence-electron chi connectivity index (χ3n) is 3.21. The quantitative estimate of drug-likeness (QED) is 0.751. The number of aromatic nitrogens is 3. The zero-order valence-electron chi connectivity index (χ0n) is 10.6. The first-order valence-corrected chi connectivity index (χ1v) is 6.14. The molecule has 0 spiro atoms. The van der Waals surface area contributed by atoms with Gasteiger partial charge in [-0.05, 0) is 30.3 Å². The molecule has 2 N–H and O–H groups in total. The molecule has 3 aromatic heterocycles. The first-order chi connectivity index (χ1) is 9.40. The lowest BCUT2D eigenvalue weighted by atomic mass is 9.93. The van der Waals surface area contributed by atoms with Crippen molar-refractivity contribution in [3.05, 3.63) is 72.1 Å². The van der Waals surface area contributed by atoms with Crippen LogP contribution in [-0.2, 0) is 0 Å². The van der Waals surface area contributed by atoms with Crippen LogP contribution in [0.4, 0.5) is 0 Å². The van der Waals surface area contributed by atoms with E-state index >= 15 is 0 Å². The third kappa shape index (κ3) is 2.12. The van der Waals surface area contributed by atoms with E-state index in [1.165, 1.54) is 0 Å². The van der Waals surface area contributed by atoms with E-state index < -0.39 is 0 Å². The van der Waals surface area contributed by atoms with Gasteiger partial charge in [-0.25, -0.2) is 0 Å². The van der Waals surface area contributed by atoms with Crippen molar-refractivity contribution in [2.24, 2.45) is 0 Å². The van der Waals surface area contributed by atoms with Crippen LogP contribution in [0.2, 0.25) is 0 Å². The molecular weight excluding hydrogens is 238 g/mol. The zero-order valence-corrected chi connectivity index (χ0v) is 10.6. The Bertz CT molecular complexity index is 595. The Hall–Kier alpha value is -2.49. The molecule has 0 bridgehead atoms. The van der Waals surface area contributed by atoms with Crippen molar-refractivity contribution in [1.82, 2.24) is 15.0 Å². The third-order valence-corrected chi connectivity index (χ3v) is 3.21. The summed E-state index contributed by atoms with van der Waals surface area (Å²) in [6, 6.07) is 10.1. The number of aromatic amines is 2. The van der Waals surface area contributed by atoms with Gasteiger partial charge in [0.05, 0.1) is 19.2 Å². The van der Waals surface area contributed by atoms with Crippen molar-refractivity contribution < 1.29 is 4.74 Å². The van der Waals surface area contributed by atoms with Crippen LogP contribution in [0.1, 0.15) is 22.9 Å². The average molecular weight is 253 g/mol. The Labute approximate surface area is 111 Å². The van der Waals surface area contributed by atoms with Gasteiger partial charge in [-0.3, -0.25) is 4.98 Å². The number of methoxy groups -OCH3 is 1. The minimum atomic E-state index is 0.0861. The molecule has 3 heterocycles. The van der Waals surface area contributed by atoms with E-state index in [1.54, 1.807) is 19.5 Å². The molecule has 0 aliphatic carbocycles. The van der Waals surface area contributed by atoms with Gasteiger partial charge >= 0.3 is 0 Å². The number of ether oxygens (including phenoxy) is 1. The fraction of sp³-hybridized carbons (Fsp3) is 0.133. The number of H-pyrrole nitrogens is 2. The number of hydrogen-bond donors (Lipinski definition) is 2. The van der Waals surface area contributed by atoms with Crippen molar-refractivity contribution in [2.45, 2.75) is 5.92 Å². The second-order valence-electron chi connectivity index (χ2n) is 4.30. The molecule has 3 aromatic rings. The average Bonchev–Trinajstić information content (AvgIpc) is 3.13. The molecule has 0 atom stereocenters. The number of nitrogens with zero attached hydrogens (tertiary/aromatic N) is 1. The normalized spacial score (nSPS) is 10.8. The van der Waals surface area contributed by atoms with E-state index in [2.05, 4.69) is 27.1 Å². The molecule has 0 aromatic carbocycles. The van der Waals surface area contributed by atoms with Crippen molar-refractivity contribution in [3.8, 4) is 5.75 Å². The monoisotopic (exact) mass is 253 g/mol. The van der Waals surface area contributed by atoms with Gasteiger partial charge in [0.25, 0.3) is 0 Å². The van der Waals surface area contributed by atoms with Crippen LogP contribution >= 0.6 is 0 Å². The van der Waals surface area contributed by atoms with Crippen molar-refractivity contribution >= 4 is 0 Å². The standard InChI is InChI=1S/C15H15N3O/c1-19-14-10-16-9-6-11(14)15(12-4-2-7-17-12)13-5-3-8-18-13/h2-10,15,17-18H,1H3. The molecule has 96 valence electrons. The number of nitrogens with one attached hydrogen (secondary N) is 2. The summed E-state index contributed by atoms with van der Waals surface area (Å²) in [7, 11) is 1.67. The summed E-state index contributed by atoms with van der Waals surface area (Å²) in [4.78, 5) is 10.7. The smallest absolute Gasteiger partial charge is 0.141 e. The number of pyridine rings is 1. The lowest BCUT2D eigenvalue weighted by Crippen LogP contribution is -2.06. The van der Waals surface area contributed by atoms with Crippen LogP contribution in [-0.4, -0.2) is 22.1 Å². The van der Waals surface area contributed by atoms with Gasteiger partial charge in [0.15, 0.2) is 0 Å². The second kappa shape index (κ2) is 5.02. The van der Waals surface area contributed by atoms with Gasteiger partial charge in [0, 0.05) is 35.5 Å². The minimum Gasteiger partial charge on any atom is -0.495 e. The predicted molar refractivity (Wildman–Crippen MR) is 73.3 cm³/mol. The summed E-state index contributed by atoms with van der Waals surface area (Å²) in [5, 5.41) is 0. The fourth-order valence-electron chi connectivity index (χ4n) is 2.35. The number of rotatable bonds is 4.